The number of aliphatic hydroxyl groups excluding tert-OH is 1. The first-order chi connectivity index (χ1) is 6.29. The van der Waals surface area contributed by atoms with Gasteiger partial charge < -0.3 is 5.11 Å². The lowest BCUT2D eigenvalue weighted by Gasteiger charge is -2.09. The van der Waals surface area contributed by atoms with Crippen LogP contribution in [0.3, 0.4) is 0 Å². The Kier molecular flexibility index (Phi) is 3.24. The smallest absolute Gasteiger partial charge is 0.0995 e. The summed E-state index contributed by atoms with van der Waals surface area (Å²) in [5, 5.41) is 18.4. The molecular weight excluding hydrogens is 162 g/mol. The van der Waals surface area contributed by atoms with Gasteiger partial charge in [-0.3, -0.25) is 0 Å². The Morgan fingerprint density at radius 1 is 1.54 bits per heavy atom. The van der Waals surface area contributed by atoms with Crippen LogP contribution in [-0.2, 0) is 0 Å². The highest BCUT2D eigenvalue weighted by molar-refractivity contribution is 5.38. The second kappa shape index (κ2) is 4.44. The molecule has 0 bridgehead atoms. The Labute approximate surface area is 77.8 Å². The van der Waals surface area contributed by atoms with Crippen molar-refractivity contribution < 1.29 is 5.11 Å². The van der Waals surface area contributed by atoms with Gasteiger partial charge in [0.1, 0.15) is 0 Å². The van der Waals surface area contributed by atoms with Crippen LogP contribution >= 0.6 is 0 Å². The highest BCUT2D eigenvalue weighted by Gasteiger charge is 2.09. The lowest BCUT2D eigenvalue weighted by molar-refractivity contribution is 0.181. The van der Waals surface area contributed by atoms with E-state index >= 15 is 0 Å². The van der Waals surface area contributed by atoms with Crippen LogP contribution < -0.4 is 0 Å². The molecule has 1 atom stereocenters. The molecule has 0 heterocycles. The Balaban J connectivity index is 2.99. The predicted octanol–water partition coefficient (Wildman–Crippen LogP) is 2.17. The zero-order valence-electron chi connectivity index (χ0n) is 7.27. The summed E-state index contributed by atoms with van der Waals surface area (Å²) < 4.78 is 0. The van der Waals surface area contributed by atoms with E-state index in [2.05, 4.69) is 6.58 Å². The fraction of sp³-hybridized carbons (Fsp3) is 0.182. The summed E-state index contributed by atoms with van der Waals surface area (Å²) in [4.78, 5) is 0. The summed E-state index contributed by atoms with van der Waals surface area (Å²) in [5.41, 5.74) is 1.20. The van der Waals surface area contributed by atoms with Gasteiger partial charge in [-0.1, -0.05) is 24.3 Å². The molecule has 0 aliphatic heterocycles. The average Bonchev–Trinajstić information content (AvgIpc) is 2.18. The molecule has 2 heteroatoms. The van der Waals surface area contributed by atoms with Gasteiger partial charge in [-0.05, 0) is 18.1 Å². The van der Waals surface area contributed by atoms with E-state index in [1.165, 1.54) is 0 Å². The standard InChI is InChI=1S/C11H11NO/c1-2-5-11(13)10-7-4-3-6-9(10)8-12/h2-4,6-7,11,13H,1,5H2/t11-/m1/s1. The van der Waals surface area contributed by atoms with Gasteiger partial charge in [0.25, 0.3) is 0 Å². The number of benzene rings is 1. The molecule has 0 spiro atoms. The van der Waals surface area contributed by atoms with Crippen molar-refractivity contribution in [2.24, 2.45) is 0 Å². The third-order valence-electron chi connectivity index (χ3n) is 1.83. The molecule has 0 aliphatic rings. The molecule has 1 aromatic carbocycles. The summed E-state index contributed by atoms with van der Waals surface area (Å²) in [6.07, 6.45) is 1.49. The maximum Gasteiger partial charge on any atom is 0.0995 e. The van der Waals surface area contributed by atoms with E-state index in [4.69, 9.17) is 5.26 Å². The van der Waals surface area contributed by atoms with Crippen LogP contribution in [0.1, 0.15) is 23.7 Å². The Bertz CT molecular complexity index is 338. The van der Waals surface area contributed by atoms with Crippen molar-refractivity contribution in [2.75, 3.05) is 0 Å². The van der Waals surface area contributed by atoms with E-state index in [1.807, 2.05) is 12.1 Å². The molecule has 1 aromatic rings. The molecule has 0 amide bonds. The summed E-state index contributed by atoms with van der Waals surface area (Å²) >= 11 is 0. The highest BCUT2D eigenvalue weighted by atomic mass is 16.3. The van der Waals surface area contributed by atoms with Crippen molar-refractivity contribution in [2.45, 2.75) is 12.5 Å². The maximum atomic E-state index is 9.61. The SMILES string of the molecule is C=CC[C@@H](O)c1ccccc1C#N. The number of nitrogens with zero attached hydrogens (tertiary/aromatic N) is 1. The van der Waals surface area contributed by atoms with Crippen LogP contribution in [-0.4, -0.2) is 5.11 Å². The van der Waals surface area contributed by atoms with Crippen molar-refractivity contribution in [3.8, 4) is 6.07 Å². The second-order valence-electron chi connectivity index (χ2n) is 2.74. The number of hydrogen-bond acceptors (Lipinski definition) is 2. The third-order valence-corrected chi connectivity index (χ3v) is 1.83. The average molecular weight is 173 g/mol. The first-order valence-electron chi connectivity index (χ1n) is 4.07. The zero-order valence-corrected chi connectivity index (χ0v) is 7.27. The zero-order chi connectivity index (χ0) is 9.68. The fourth-order valence-corrected chi connectivity index (χ4v) is 1.17. The number of hydrogen-bond donors (Lipinski definition) is 1. The normalized spacial score (nSPS) is 11.7. The quantitative estimate of drug-likeness (QED) is 0.712. The monoisotopic (exact) mass is 173 g/mol. The van der Waals surface area contributed by atoms with E-state index in [-0.39, 0.29) is 0 Å². The molecule has 0 radical (unpaired) electrons. The summed E-state index contributed by atoms with van der Waals surface area (Å²) in [6, 6.07) is 9.08. The molecule has 13 heavy (non-hydrogen) atoms. The summed E-state index contributed by atoms with van der Waals surface area (Å²) in [7, 11) is 0. The Hall–Kier alpha value is -1.59. The molecule has 0 unspecified atom stereocenters. The molecule has 1 N–H and O–H groups in total. The molecule has 0 aliphatic carbocycles. The highest BCUT2D eigenvalue weighted by Crippen LogP contribution is 2.20. The minimum Gasteiger partial charge on any atom is -0.388 e. The number of nitriles is 1. The van der Waals surface area contributed by atoms with E-state index in [1.54, 1.807) is 24.3 Å². The van der Waals surface area contributed by atoms with E-state index in [0.29, 0.717) is 17.5 Å². The van der Waals surface area contributed by atoms with Gasteiger partial charge in [0, 0.05) is 0 Å². The van der Waals surface area contributed by atoms with Crippen LogP contribution in [0, 0.1) is 11.3 Å². The van der Waals surface area contributed by atoms with Crippen LogP contribution in [0.15, 0.2) is 36.9 Å². The summed E-state index contributed by atoms with van der Waals surface area (Å²) in [5.74, 6) is 0. The first-order valence-corrected chi connectivity index (χ1v) is 4.07. The molecule has 0 fully saturated rings. The minimum atomic E-state index is -0.617. The minimum absolute atomic E-state index is 0.471. The van der Waals surface area contributed by atoms with Gasteiger partial charge in [-0.15, -0.1) is 6.58 Å². The molecule has 0 saturated heterocycles. The van der Waals surface area contributed by atoms with Gasteiger partial charge in [0.2, 0.25) is 0 Å². The molecule has 66 valence electrons. The number of rotatable bonds is 3. The topological polar surface area (TPSA) is 44.0 Å². The van der Waals surface area contributed by atoms with Crippen LogP contribution in [0.5, 0.6) is 0 Å². The van der Waals surface area contributed by atoms with Crippen LogP contribution in [0.2, 0.25) is 0 Å². The first kappa shape index (κ1) is 9.50. The second-order valence-corrected chi connectivity index (χ2v) is 2.74. The van der Waals surface area contributed by atoms with Gasteiger partial charge in [0.15, 0.2) is 0 Å². The van der Waals surface area contributed by atoms with E-state index in [9.17, 15) is 5.11 Å². The van der Waals surface area contributed by atoms with Crippen LogP contribution in [0.25, 0.3) is 0 Å². The van der Waals surface area contributed by atoms with Crippen molar-refractivity contribution in [1.29, 1.82) is 5.26 Å². The van der Waals surface area contributed by atoms with Crippen molar-refractivity contribution in [3.05, 3.63) is 48.0 Å². The fourth-order valence-electron chi connectivity index (χ4n) is 1.17. The predicted molar refractivity (Wildman–Crippen MR) is 50.9 cm³/mol. The lowest BCUT2D eigenvalue weighted by Crippen LogP contribution is -1.98. The van der Waals surface area contributed by atoms with Gasteiger partial charge in [0.05, 0.1) is 17.7 Å². The van der Waals surface area contributed by atoms with Crippen molar-refractivity contribution in [3.63, 3.8) is 0 Å². The Morgan fingerprint density at radius 3 is 2.85 bits per heavy atom. The molecule has 0 aromatic heterocycles. The van der Waals surface area contributed by atoms with Gasteiger partial charge >= 0.3 is 0 Å². The van der Waals surface area contributed by atoms with Crippen LogP contribution in [0.4, 0.5) is 0 Å². The lowest BCUT2D eigenvalue weighted by atomic mass is 10.0. The summed E-state index contributed by atoms with van der Waals surface area (Å²) in [6.45, 7) is 3.54. The molecular formula is C11H11NO. The van der Waals surface area contributed by atoms with Gasteiger partial charge in [-0.25, -0.2) is 0 Å². The maximum absolute atomic E-state index is 9.61. The molecule has 0 saturated carbocycles. The van der Waals surface area contributed by atoms with Crippen molar-refractivity contribution in [1.82, 2.24) is 0 Å². The largest absolute Gasteiger partial charge is 0.388 e. The van der Waals surface area contributed by atoms with E-state index < -0.39 is 6.10 Å². The molecule has 2 nitrogen and oxygen atoms in total. The third kappa shape index (κ3) is 2.17. The van der Waals surface area contributed by atoms with Gasteiger partial charge in [-0.2, -0.15) is 5.26 Å². The van der Waals surface area contributed by atoms with E-state index in [0.717, 1.165) is 0 Å². The number of aliphatic hydroxyl groups is 1. The van der Waals surface area contributed by atoms with Crippen molar-refractivity contribution >= 4 is 0 Å². The Morgan fingerprint density at radius 2 is 2.23 bits per heavy atom. The molecule has 1 rings (SSSR count).